The van der Waals surface area contributed by atoms with Gasteiger partial charge in [0.1, 0.15) is 11.1 Å². The van der Waals surface area contributed by atoms with Crippen molar-refractivity contribution in [1.29, 1.82) is 0 Å². The number of hydrogen-bond donors (Lipinski definition) is 3. The van der Waals surface area contributed by atoms with Crippen LogP contribution in [0.5, 0.6) is 5.75 Å². The molecule has 1 aliphatic heterocycles. The van der Waals surface area contributed by atoms with E-state index in [0.29, 0.717) is 5.56 Å². The largest absolute Gasteiger partial charge is 0.485 e. The van der Waals surface area contributed by atoms with Crippen molar-refractivity contribution in [2.75, 3.05) is 37.4 Å². The topological polar surface area (TPSA) is 124 Å². The molecule has 4 aromatic rings. The molecule has 10 nitrogen and oxygen atoms in total. The van der Waals surface area contributed by atoms with Gasteiger partial charge in [-0.25, -0.2) is 9.78 Å². The fourth-order valence-electron chi connectivity index (χ4n) is 5.20. The van der Waals surface area contributed by atoms with Crippen LogP contribution in [0.4, 0.5) is 29.3 Å². The van der Waals surface area contributed by atoms with E-state index in [-0.39, 0.29) is 48.3 Å². The normalized spacial score (nSPS) is 17.0. The lowest BCUT2D eigenvalue weighted by Crippen LogP contribution is -2.50. The quantitative estimate of drug-likeness (QED) is 0.196. The van der Waals surface area contributed by atoms with Crippen molar-refractivity contribution >= 4 is 40.6 Å². The van der Waals surface area contributed by atoms with Crippen LogP contribution in [-0.4, -0.2) is 76.6 Å². The molecule has 3 atom stereocenters. The van der Waals surface area contributed by atoms with Crippen molar-refractivity contribution in [2.45, 2.75) is 32.2 Å². The van der Waals surface area contributed by atoms with Crippen molar-refractivity contribution < 1.29 is 37.4 Å². The summed E-state index contributed by atoms with van der Waals surface area (Å²) in [5.41, 5.74) is 0.974. The number of ether oxygens (including phenoxy) is 1. The lowest BCUT2D eigenvalue weighted by atomic mass is 9.99. The minimum atomic E-state index is -4.51. The molecule has 0 saturated carbocycles. The summed E-state index contributed by atoms with van der Waals surface area (Å²) in [7, 11) is 1.51. The van der Waals surface area contributed by atoms with Crippen molar-refractivity contribution in [3.63, 3.8) is 0 Å². The predicted octanol–water partition coefficient (Wildman–Crippen LogP) is 6.47. The van der Waals surface area contributed by atoms with Gasteiger partial charge in [0, 0.05) is 47.9 Å². The van der Waals surface area contributed by atoms with Gasteiger partial charge >= 0.3 is 12.2 Å². The number of aliphatic hydroxyl groups is 1. The summed E-state index contributed by atoms with van der Waals surface area (Å²) in [5.74, 6) is -1.09. The first-order valence-electron chi connectivity index (χ1n) is 15.1. The van der Waals surface area contributed by atoms with Crippen LogP contribution in [0.3, 0.4) is 0 Å². The monoisotopic (exact) mass is 681 g/mol. The molecule has 0 fully saturated rings. The summed E-state index contributed by atoms with van der Waals surface area (Å²) in [4.78, 5) is 47.4. The number of aromatic nitrogens is 1. The molecule has 2 heterocycles. The Kier molecular flexibility index (Phi) is 10.3. The van der Waals surface area contributed by atoms with Crippen LogP contribution in [0.15, 0.2) is 78.3 Å². The molecule has 0 bridgehead atoms. The van der Waals surface area contributed by atoms with Crippen LogP contribution < -0.4 is 15.4 Å². The number of thiazole rings is 1. The number of likely N-dealkylation sites (N-methyl/N-ethyl adjacent to an activating group) is 1. The van der Waals surface area contributed by atoms with E-state index in [1.165, 1.54) is 40.3 Å². The Morgan fingerprint density at radius 3 is 2.44 bits per heavy atom. The average Bonchev–Trinajstić information content (AvgIpc) is 3.61. The summed E-state index contributed by atoms with van der Waals surface area (Å²) in [6.07, 6.45) is -3.51. The number of carbonyl (C=O) groups is 3. The van der Waals surface area contributed by atoms with Crippen LogP contribution in [0.25, 0.3) is 10.6 Å². The van der Waals surface area contributed by atoms with E-state index in [1.54, 1.807) is 55.6 Å². The molecule has 5 rings (SSSR count). The Morgan fingerprint density at radius 1 is 1.10 bits per heavy atom. The Bertz CT molecular complexity index is 1750. The summed E-state index contributed by atoms with van der Waals surface area (Å²) >= 11 is 1.48. The highest BCUT2D eigenvalue weighted by Gasteiger charge is 2.35. The molecule has 0 radical (unpaired) electrons. The van der Waals surface area contributed by atoms with Crippen molar-refractivity contribution in [3.05, 3.63) is 95.0 Å². The van der Waals surface area contributed by atoms with Gasteiger partial charge in [0.05, 0.1) is 36.0 Å². The van der Waals surface area contributed by atoms with E-state index in [9.17, 15) is 32.7 Å². The predicted molar refractivity (Wildman–Crippen MR) is 176 cm³/mol. The zero-order chi connectivity index (χ0) is 34.6. The lowest BCUT2D eigenvalue weighted by Gasteiger charge is -2.38. The van der Waals surface area contributed by atoms with Gasteiger partial charge in [-0.3, -0.25) is 9.59 Å². The maximum absolute atomic E-state index is 13.8. The zero-order valence-corrected chi connectivity index (χ0v) is 27.1. The SMILES string of the molecule is C[C@@H]1CN([C@@H](C)CO)C(=O)c2cccc(NC(=O)c3ccc(-c4nccs4)cc3)c2O[C@@H]1CN(C)C(=O)Nc1ccc(C(F)(F)F)cc1. The molecule has 0 unspecified atom stereocenters. The number of fused-ring (bicyclic) bond motifs is 1. The molecule has 1 aromatic heterocycles. The number of nitrogens with one attached hydrogen (secondary N) is 2. The van der Waals surface area contributed by atoms with Crippen LogP contribution in [0.1, 0.15) is 40.1 Å². The summed E-state index contributed by atoms with van der Waals surface area (Å²) in [6.45, 7) is 3.48. The van der Waals surface area contributed by atoms with E-state index >= 15 is 0 Å². The fourth-order valence-corrected chi connectivity index (χ4v) is 5.84. The van der Waals surface area contributed by atoms with Gasteiger partial charge in [-0.2, -0.15) is 13.2 Å². The third-order valence-corrected chi connectivity index (χ3v) is 8.85. The molecule has 0 saturated heterocycles. The van der Waals surface area contributed by atoms with Gasteiger partial charge in [0.2, 0.25) is 0 Å². The third kappa shape index (κ3) is 7.77. The number of amides is 4. The number of urea groups is 1. The smallest absolute Gasteiger partial charge is 0.416 e. The summed E-state index contributed by atoms with van der Waals surface area (Å²) < 4.78 is 45.4. The molecule has 1 aliphatic rings. The number of rotatable bonds is 8. The van der Waals surface area contributed by atoms with Gasteiger partial charge in [0.15, 0.2) is 5.75 Å². The van der Waals surface area contributed by atoms with Crippen molar-refractivity contribution in [3.8, 4) is 16.3 Å². The number of nitrogens with zero attached hydrogens (tertiary/aromatic N) is 3. The molecular weight excluding hydrogens is 647 g/mol. The molecule has 4 amide bonds. The van der Waals surface area contributed by atoms with E-state index < -0.39 is 41.7 Å². The second-order valence-electron chi connectivity index (χ2n) is 11.6. The number of para-hydroxylation sites is 1. The van der Waals surface area contributed by atoms with E-state index in [4.69, 9.17) is 4.74 Å². The first kappa shape index (κ1) is 34.4. The number of benzene rings is 3. The van der Waals surface area contributed by atoms with E-state index in [2.05, 4.69) is 15.6 Å². The van der Waals surface area contributed by atoms with Gasteiger partial charge < -0.3 is 30.3 Å². The average molecular weight is 682 g/mol. The van der Waals surface area contributed by atoms with Crippen LogP contribution in [0, 0.1) is 5.92 Å². The molecular formula is C34H34F3N5O5S. The van der Waals surface area contributed by atoms with Crippen molar-refractivity contribution in [1.82, 2.24) is 14.8 Å². The second-order valence-corrected chi connectivity index (χ2v) is 12.5. The number of aliphatic hydroxyl groups excluding tert-OH is 1. The van der Waals surface area contributed by atoms with E-state index in [0.717, 1.165) is 22.7 Å². The number of halogens is 3. The highest BCUT2D eigenvalue weighted by atomic mass is 32.1. The maximum Gasteiger partial charge on any atom is 0.416 e. The Morgan fingerprint density at radius 2 is 1.81 bits per heavy atom. The van der Waals surface area contributed by atoms with Crippen LogP contribution >= 0.6 is 11.3 Å². The van der Waals surface area contributed by atoms with Gasteiger partial charge in [0.25, 0.3) is 11.8 Å². The minimum absolute atomic E-state index is 0.0170. The molecule has 3 N–H and O–H groups in total. The molecule has 252 valence electrons. The van der Waals surface area contributed by atoms with E-state index in [1.807, 2.05) is 12.3 Å². The molecule has 48 heavy (non-hydrogen) atoms. The molecule has 14 heteroatoms. The highest BCUT2D eigenvalue weighted by Crippen LogP contribution is 2.36. The van der Waals surface area contributed by atoms with Gasteiger partial charge in [-0.1, -0.05) is 25.1 Å². The Balaban J connectivity index is 1.39. The molecule has 0 aliphatic carbocycles. The first-order chi connectivity index (χ1) is 22.8. The zero-order valence-electron chi connectivity index (χ0n) is 26.3. The number of alkyl halides is 3. The van der Waals surface area contributed by atoms with Crippen molar-refractivity contribution in [2.24, 2.45) is 5.92 Å². The first-order valence-corrected chi connectivity index (χ1v) is 16.0. The minimum Gasteiger partial charge on any atom is -0.485 e. The highest BCUT2D eigenvalue weighted by molar-refractivity contribution is 7.13. The standard InChI is InChI=1S/C34H34F3N5O5S/c1-20-17-42(21(2)19-43)32(45)26-5-4-6-27(40-30(44)22-7-9-23(10-8-22)31-38-15-16-48-31)29(26)47-28(20)18-41(3)33(46)39-25-13-11-24(12-14-25)34(35,36)37/h4-16,20-21,28,43H,17-19H2,1-3H3,(H,39,46)(H,40,44)/t20-,21+,28-/m1/s1. The molecule has 3 aromatic carbocycles. The third-order valence-electron chi connectivity index (χ3n) is 8.03. The number of carbonyl (C=O) groups excluding carboxylic acids is 3. The van der Waals surface area contributed by atoms with Crippen LogP contribution in [-0.2, 0) is 6.18 Å². The van der Waals surface area contributed by atoms with Gasteiger partial charge in [-0.05, 0) is 55.5 Å². The second kappa shape index (κ2) is 14.4. The Labute approximate surface area is 279 Å². The Hall–Kier alpha value is -4.95. The maximum atomic E-state index is 13.8. The summed E-state index contributed by atoms with van der Waals surface area (Å²) in [5, 5.41) is 18.1. The lowest BCUT2D eigenvalue weighted by molar-refractivity contribution is -0.137. The van der Waals surface area contributed by atoms with Crippen LogP contribution in [0.2, 0.25) is 0 Å². The number of hydrogen-bond acceptors (Lipinski definition) is 7. The number of anilines is 2. The summed E-state index contributed by atoms with van der Waals surface area (Å²) in [6, 6.07) is 14.7. The molecule has 0 spiro atoms. The van der Waals surface area contributed by atoms with Gasteiger partial charge in [-0.15, -0.1) is 11.3 Å². The fraction of sp³-hybridized carbons (Fsp3) is 0.294.